The van der Waals surface area contributed by atoms with Crippen molar-refractivity contribution in [2.45, 2.75) is 13.8 Å². The number of likely N-dealkylation sites (N-methyl/N-ethyl adjacent to an activating group) is 1. The van der Waals surface area contributed by atoms with Crippen LogP contribution in [0.25, 0.3) is 0 Å². The number of imide groups is 1. The maximum atomic E-state index is 11.6. The summed E-state index contributed by atoms with van der Waals surface area (Å²) in [6.45, 7) is 3.38. The number of ether oxygens (including phenoxy) is 1. The van der Waals surface area contributed by atoms with Gasteiger partial charge in [-0.25, -0.2) is 4.79 Å². The van der Waals surface area contributed by atoms with Crippen molar-refractivity contribution in [1.29, 1.82) is 0 Å². The fourth-order valence-electron chi connectivity index (χ4n) is 1.56. The van der Waals surface area contributed by atoms with Gasteiger partial charge in [-0.2, -0.15) is 0 Å². The Morgan fingerprint density at radius 3 is 2.38 bits per heavy atom. The van der Waals surface area contributed by atoms with Crippen molar-refractivity contribution in [1.82, 2.24) is 9.80 Å². The first-order valence-corrected chi connectivity index (χ1v) is 4.93. The van der Waals surface area contributed by atoms with E-state index >= 15 is 0 Å². The van der Waals surface area contributed by atoms with Gasteiger partial charge in [0.2, 0.25) is 5.91 Å². The number of hydrogen-bond acceptors (Lipinski definition) is 4. The van der Waals surface area contributed by atoms with Gasteiger partial charge >= 0.3 is 12.0 Å². The largest absolute Gasteiger partial charge is 0.469 e. The fourth-order valence-corrected chi connectivity index (χ4v) is 1.56. The van der Waals surface area contributed by atoms with Crippen molar-refractivity contribution >= 4 is 17.9 Å². The first kappa shape index (κ1) is 12.5. The molecule has 1 heterocycles. The Morgan fingerprint density at radius 2 is 2.00 bits per heavy atom. The maximum Gasteiger partial charge on any atom is 0.326 e. The Labute approximate surface area is 94.1 Å². The molecule has 0 saturated carbocycles. The van der Waals surface area contributed by atoms with Crippen LogP contribution in [0.2, 0.25) is 0 Å². The molecule has 1 aliphatic rings. The summed E-state index contributed by atoms with van der Waals surface area (Å²) in [5.41, 5.74) is -0.884. The van der Waals surface area contributed by atoms with E-state index in [1.807, 2.05) is 0 Å². The summed E-state index contributed by atoms with van der Waals surface area (Å²) >= 11 is 0. The van der Waals surface area contributed by atoms with E-state index < -0.39 is 11.4 Å². The van der Waals surface area contributed by atoms with Gasteiger partial charge in [0.15, 0.2) is 0 Å². The summed E-state index contributed by atoms with van der Waals surface area (Å²) in [6.07, 6.45) is 0. The lowest BCUT2D eigenvalue weighted by molar-refractivity contribution is -0.151. The van der Waals surface area contributed by atoms with E-state index in [-0.39, 0.29) is 25.0 Å². The van der Waals surface area contributed by atoms with Crippen LogP contribution in [0.3, 0.4) is 0 Å². The Morgan fingerprint density at radius 1 is 1.44 bits per heavy atom. The van der Waals surface area contributed by atoms with Crippen LogP contribution < -0.4 is 0 Å². The smallest absolute Gasteiger partial charge is 0.326 e. The maximum absolute atomic E-state index is 11.6. The molecular formula is C10H16N2O4. The van der Waals surface area contributed by atoms with Gasteiger partial charge in [-0.05, 0) is 13.8 Å². The fraction of sp³-hybridized carbons (Fsp3) is 0.700. The van der Waals surface area contributed by atoms with E-state index in [9.17, 15) is 14.4 Å². The minimum atomic E-state index is -0.884. The van der Waals surface area contributed by atoms with E-state index in [0.717, 1.165) is 4.90 Å². The van der Waals surface area contributed by atoms with Gasteiger partial charge in [-0.3, -0.25) is 14.5 Å². The lowest BCUT2D eigenvalue weighted by Gasteiger charge is -2.26. The summed E-state index contributed by atoms with van der Waals surface area (Å²) in [5.74, 6) is -0.730. The monoisotopic (exact) mass is 228 g/mol. The van der Waals surface area contributed by atoms with Crippen molar-refractivity contribution in [3.63, 3.8) is 0 Å². The van der Waals surface area contributed by atoms with Crippen LogP contribution in [0.4, 0.5) is 4.79 Å². The second-order valence-corrected chi connectivity index (χ2v) is 4.49. The van der Waals surface area contributed by atoms with E-state index in [1.54, 1.807) is 20.9 Å². The lowest BCUT2D eigenvalue weighted by Crippen LogP contribution is -2.43. The van der Waals surface area contributed by atoms with Gasteiger partial charge in [0.25, 0.3) is 0 Å². The normalized spacial score (nSPS) is 17.0. The highest BCUT2D eigenvalue weighted by molar-refractivity contribution is 6.02. The Bertz CT molecular complexity index is 338. The Balaban J connectivity index is 2.78. The molecule has 6 heteroatoms. The molecule has 0 aliphatic carbocycles. The van der Waals surface area contributed by atoms with Gasteiger partial charge in [-0.15, -0.1) is 0 Å². The second-order valence-electron chi connectivity index (χ2n) is 4.49. The first-order valence-electron chi connectivity index (χ1n) is 4.93. The number of hydrogen-bond donors (Lipinski definition) is 0. The number of esters is 1. The summed E-state index contributed by atoms with van der Waals surface area (Å²) < 4.78 is 4.62. The van der Waals surface area contributed by atoms with Crippen LogP contribution in [0.1, 0.15) is 13.8 Å². The number of methoxy groups -OCH3 is 1. The third-order valence-electron chi connectivity index (χ3n) is 2.52. The second kappa shape index (κ2) is 4.11. The van der Waals surface area contributed by atoms with E-state index in [4.69, 9.17) is 0 Å². The van der Waals surface area contributed by atoms with E-state index in [0.29, 0.717) is 0 Å². The molecule has 1 fully saturated rings. The van der Waals surface area contributed by atoms with E-state index in [1.165, 1.54) is 12.0 Å². The summed E-state index contributed by atoms with van der Waals surface area (Å²) in [7, 11) is 2.83. The van der Waals surface area contributed by atoms with Gasteiger partial charge in [0.05, 0.1) is 12.5 Å². The molecule has 90 valence electrons. The average Bonchev–Trinajstić information content (AvgIpc) is 2.43. The van der Waals surface area contributed by atoms with Crippen LogP contribution in [0, 0.1) is 5.41 Å². The molecule has 0 unspecified atom stereocenters. The van der Waals surface area contributed by atoms with Crippen molar-refractivity contribution < 1.29 is 19.1 Å². The van der Waals surface area contributed by atoms with Crippen LogP contribution in [0.5, 0.6) is 0 Å². The number of rotatable bonds is 3. The average molecular weight is 228 g/mol. The molecule has 1 aliphatic heterocycles. The topological polar surface area (TPSA) is 66.9 Å². The van der Waals surface area contributed by atoms with Crippen LogP contribution in [-0.2, 0) is 14.3 Å². The quantitative estimate of drug-likeness (QED) is 0.507. The highest BCUT2D eigenvalue weighted by Crippen LogP contribution is 2.21. The first-order chi connectivity index (χ1) is 7.29. The minimum Gasteiger partial charge on any atom is -0.469 e. The van der Waals surface area contributed by atoms with Gasteiger partial charge in [-0.1, -0.05) is 0 Å². The summed E-state index contributed by atoms with van der Waals surface area (Å²) in [4.78, 5) is 36.9. The molecule has 0 N–H and O–H groups in total. The molecule has 1 rings (SSSR count). The predicted octanol–water partition coefficient (Wildman–Crippen LogP) is 0.0796. The molecule has 0 spiro atoms. The molecule has 3 amide bonds. The SMILES string of the molecule is COC(=O)C(C)(C)CN1C(=O)CN(C)C1=O. The number of amides is 3. The summed E-state index contributed by atoms with van der Waals surface area (Å²) in [6, 6.07) is -0.373. The number of carbonyl (C=O) groups is 3. The van der Waals surface area contributed by atoms with Crippen molar-refractivity contribution in [2.75, 3.05) is 27.2 Å². The Hall–Kier alpha value is -1.59. The standard InChI is InChI=1S/C10H16N2O4/c1-10(2,8(14)16-4)6-12-7(13)5-11(3)9(12)15/h5-6H2,1-4H3. The van der Waals surface area contributed by atoms with Gasteiger partial charge in [0.1, 0.15) is 6.54 Å². The highest BCUT2D eigenvalue weighted by atomic mass is 16.5. The van der Waals surface area contributed by atoms with Crippen LogP contribution >= 0.6 is 0 Å². The molecule has 16 heavy (non-hydrogen) atoms. The van der Waals surface area contributed by atoms with Gasteiger partial charge in [0, 0.05) is 13.6 Å². The highest BCUT2D eigenvalue weighted by Gasteiger charge is 2.40. The predicted molar refractivity (Wildman–Crippen MR) is 55.5 cm³/mol. The summed E-state index contributed by atoms with van der Waals surface area (Å²) in [5, 5.41) is 0. The molecule has 1 saturated heterocycles. The molecular weight excluding hydrogens is 212 g/mol. The zero-order valence-electron chi connectivity index (χ0n) is 9.94. The zero-order chi connectivity index (χ0) is 12.5. The molecule has 0 radical (unpaired) electrons. The zero-order valence-corrected chi connectivity index (χ0v) is 9.94. The molecule has 0 aromatic carbocycles. The van der Waals surface area contributed by atoms with Crippen molar-refractivity contribution in [3.8, 4) is 0 Å². The van der Waals surface area contributed by atoms with Crippen molar-refractivity contribution in [2.24, 2.45) is 5.41 Å². The van der Waals surface area contributed by atoms with Gasteiger partial charge < -0.3 is 9.64 Å². The number of urea groups is 1. The molecule has 0 bridgehead atoms. The molecule has 6 nitrogen and oxygen atoms in total. The lowest BCUT2D eigenvalue weighted by atomic mass is 9.93. The Kier molecular flexibility index (Phi) is 3.21. The number of carbonyl (C=O) groups excluding carboxylic acids is 3. The third-order valence-corrected chi connectivity index (χ3v) is 2.52. The molecule has 0 aromatic rings. The third kappa shape index (κ3) is 2.15. The molecule has 0 aromatic heterocycles. The number of nitrogens with zero attached hydrogens (tertiary/aromatic N) is 2. The van der Waals surface area contributed by atoms with Crippen molar-refractivity contribution in [3.05, 3.63) is 0 Å². The van der Waals surface area contributed by atoms with Crippen LogP contribution in [-0.4, -0.2) is 55.0 Å². The minimum absolute atomic E-state index is 0.0433. The van der Waals surface area contributed by atoms with Crippen LogP contribution in [0.15, 0.2) is 0 Å². The van der Waals surface area contributed by atoms with E-state index in [2.05, 4.69) is 4.74 Å². The molecule has 0 atom stereocenters.